The highest BCUT2D eigenvalue weighted by Gasteiger charge is 2.36. The van der Waals surface area contributed by atoms with E-state index in [1.165, 1.54) is 38.0 Å². The van der Waals surface area contributed by atoms with Gasteiger partial charge in [-0.2, -0.15) is 11.8 Å². The lowest BCUT2D eigenvalue weighted by atomic mass is 9.91. The van der Waals surface area contributed by atoms with Crippen molar-refractivity contribution in [3.8, 4) is 0 Å². The van der Waals surface area contributed by atoms with Crippen molar-refractivity contribution in [2.45, 2.75) is 57.7 Å². The molecule has 1 heterocycles. The van der Waals surface area contributed by atoms with E-state index in [2.05, 4.69) is 37.8 Å². The topological polar surface area (TPSA) is 12.0 Å². The molecule has 1 aliphatic heterocycles. The van der Waals surface area contributed by atoms with Crippen molar-refractivity contribution in [2.75, 3.05) is 12.3 Å². The van der Waals surface area contributed by atoms with Crippen LogP contribution in [0.25, 0.3) is 0 Å². The maximum Gasteiger partial charge on any atom is 0.0172 e. The SMILES string of the molecule is CC1CC(C)(C)CC1NCC1CCCS1. The van der Waals surface area contributed by atoms with Crippen molar-refractivity contribution < 1.29 is 0 Å². The fourth-order valence-electron chi connectivity index (χ4n) is 3.26. The molecular formula is C13H25NS. The van der Waals surface area contributed by atoms with E-state index >= 15 is 0 Å². The number of rotatable bonds is 3. The Morgan fingerprint density at radius 3 is 2.67 bits per heavy atom. The molecule has 0 amide bonds. The van der Waals surface area contributed by atoms with Crippen LogP contribution in [0.5, 0.6) is 0 Å². The molecule has 0 aromatic rings. The van der Waals surface area contributed by atoms with Crippen LogP contribution in [0.4, 0.5) is 0 Å². The van der Waals surface area contributed by atoms with Crippen LogP contribution in [0.3, 0.4) is 0 Å². The molecule has 1 nitrogen and oxygen atoms in total. The molecule has 1 N–H and O–H groups in total. The summed E-state index contributed by atoms with van der Waals surface area (Å²) < 4.78 is 0. The van der Waals surface area contributed by atoms with E-state index in [1.54, 1.807) is 0 Å². The molecular weight excluding hydrogens is 202 g/mol. The molecule has 0 aromatic heterocycles. The highest BCUT2D eigenvalue weighted by Crippen LogP contribution is 2.41. The third-order valence-corrected chi connectivity index (χ3v) is 5.36. The fraction of sp³-hybridized carbons (Fsp3) is 1.00. The van der Waals surface area contributed by atoms with Gasteiger partial charge in [-0.25, -0.2) is 0 Å². The number of hydrogen-bond acceptors (Lipinski definition) is 2. The minimum atomic E-state index is 0.569. The summed E-state index contributed by atoms with van der Waals surface area (Å²) in [5.74, 6) is 2.25. The van der Waals surface area contributed by atoms with Crippen molar-refractivity contribution >= 4 is 11.8 Å². The molecule has 0 spiro atoms. The summed E-state index contributed by atoms with van der Waals surface area (Å²) in [6.07, 6.45) is 5.62. The summed E-state index contributed by atoms with van der Waals surface area (Å²) >= 11 is 2.16. The highest BCUT2D eigenvalue weighted by atomic mass is 32.2. The van der Waals surface area contributed by atoms with Gasteiger partial charge in [-0.15, -0.1) is 0 Å². The Labute approximate surface area is 98.8 Å². The Bertz CT molecular complexity index is 209. The van der Waals surface area contributed by atoms with E-state index < -0.39 is 0 Å². The van der Waals surface area contributed by atoms with Crippen molar-refractivity contribution in [1.29, 1.82) is 0 Å². The van der Waals surface area contributed by atoms with Crippen LogP contribution in [0, 0.1) is 11.3 Å². The van der Waals surface area contributed by atoms with Crippen molar-refractivity contribution in [3.05, 3.63) is 0 Å². The minimum absolute atomic E-state index is 0.569. The van der Waals surface area contributed by atoms with Crippen molar-refractivity contribution in [1.82, 2.24) is 5.32 Å². The van der Waals surface area contributed by atoms with Gasteiger partial charge < -0.3 is 5.32 Å². The quantitative estimate of drug-likeness (QED) is 0.794. The van der Waals surface area contributed by atoms with Crippen LogP contribution < -0.4 is 5.32 Å². The predicted octanol–water partition coefficient (Wildman–Crippen LogP) is 3.30. The second-order valence-corrected chi connectivity index (χ2v) is 7.61. The molecule has 2 fully saturated rings. The molecule has 0 radical (unpaired) electrons. The van der Waals surface area contributed by atoms with Gasteiger partial charge in [0.15, 0.2) is 0 Å². The lowest BCUT2D eigenvalue weighted by Crippen LogP contribution is -2.35. The largest absolute Gasteiger partial charge is 0.313 e. The molecule has 2 heteroatoms. The number of thioether (sulfide) groups is 1. The Hall–Kier alpha value is 0.310. The molecule has 0 bridgehead atoms. The monoisotopic (exact) mass is 227 g/mol. The fourth-order valence-corrected chi connectivity index (χ4v) is 4.47. The third kappa shape index (κ3) is 3.13. The van der Waals surface area contributed by atoms with Gasteiger partial charge in [0.05, 0.1) is 0 Å². The van der Waals surface area contributed by atoms with Crippen molar-refractivity contribution in [2.24, 2.45) is 11.3 Å². The van der Waals surface area contributed by atoms with Crippen LogP contribution in [0.1, 0.15) is 46.5 Å². The third-order valence-electron chi connectivity index (χ3n) is 3.97. The van der Waals surface area contributed by atoms with Crippen LogP contribution in [-0.2, 0) is 0 Å². The summed E-state index contributed by atoms with van der Waals surface area (Å²) in [7, 11) is 0. The van der Waals surface area contributed by atoms with Gasteiger partial charge in [-0.1, -0.05) is 20.8 Å². The van der Waals surface area contributed by atoms with Crippen LogP contribution in [0.15, 0.2) is 0 Å². The van der Waals surface area contributed by atoms with Crippen LogP contribution >= 0.6 is 11.8 Å². The smallest absolute Gasteiger partial charge is 0.0172 e. The maximum absolute atomic E-state index is 3.81. The molecule has 3 unspecified atom stereocenters. The Morgan fingerprint density at radius 1 is 1.33 bits per heavy atom. The predicted molar refractivity (Wildman–Crippen MR) is 69.4 cm³/mol. The van der Waals surface area contributed by atoms with E-state index in [9.17, 15) is 0 Å². The van der Waals surface area contributed by atoms with Gasteiger partial charge in [0.2, 0.25) is 0 Å². The van der Waals surface area contributed by atoms with E-state index in [0.717, 1.165) is 17.2 Å². The average Bonchev–Trinajstić information content (AvgIpc) is 2.70. The van der Waals surface area contributed by atoms with Crippen LogP contribution in [0.2, 0.25) is 0 Å². The van der Waals surface area contributed by atoms with Crippen LogP contribution in [-0.4, -0.2) is 23.6 Å². The number of nitrogens with one attached hydrogen (secondary N) is 1. The van der Waals surface area contributed by atoms with Gasteiger partial charge >= 0.3 is 0 Å². The first-order valence-electron chi connectivity index (χ1n) is 6.42. The molecule has 1 aliphatic carbocycles. The molecule has 1 saturated carbocycles. The molecule has 88 valence electrons. The lowest BCUT2D eigenvalue weighted by molar-refractivity contribution is 0.362. The zero-order valence-electron chi connectivity index (χ0n) is 10.4. The first kappa shape index (κ1) is 11.8. The van der Waals surface area contributed by atoms with E-state index in [1.807, 2.05) is 0 Å². The van der Waals surface area contributed by atoms with Gasteiger partial charge in [0.25, 0.3) is 0 Å². The molecule has 1 saturated heterocycles. The Kier molecular flexibility index (Phi) is 3.67. The van der Waals surface area contributed by atoms with Gasteiger partial charge in [-0.3, -0.25) is 0 Å². The van der Waals surface area contributed by atoms with E-state index in [0.29, 0.717) is 5.41 Å². The average molecular weight is 227 g/mol. The lowest BCUT2D eigenvalue weighted by Gasteiger charge is -2.20. The summed E-state index contributed by atoms with van der Waals surface area (Å²) in [6.45, 7) is 8.48. The number of hydrogen-bond donors (Lipinski definition) is 1. The first-order chi connectivity index (χ1) is 7.07. The summed E-state index contributed by atoms with van der Waals surface area (Å²) in [5.41, 5.74) is 0.569. The molecule has 15 heavy (non-hydrogen) atoms. The summed E-state index contributed by atoms with van der Waals surface area (Å²) in [5, 5.41) is 4.71. The van der Waals surface area contributed by atoms with Gasteiger partial charge in [0.1, 0.15) is 0 Å². The first-order valence-corrected chi connectivity index (χ1v) is 7.47. The van der Waals surface area contributed by atoms with Crippen molar-refractivity contribution in [3.63, 3.8) is 0 Å². The van der Waals surface area contributed by atoms with E-state index in [4.69, 9.17) is 0 Å². The molecule has 2 aliphatic rings. The zero-order chi connectivity index (χ0) is 10.9. The Balaban J connectivity index is 1.75. The standard InChI is InChI=1S/C13H25NS/c1-10-7-13(2,3)8-12(10)14-9-11-5-4-6-15-11/h10-12,14H,4-9H2,1-3H3. The van der Waals surface area contributed by atoms with Gasteiger partial charge in [-0.05, 0) is 42.8 Å². The normalized spacial score (nSPS) is 39.8. The summed E-state index contributed by atoms with van der Waals surface area (Å²) in [6, 6.07) is 0.779. The molecule has 0 aromatic carbocycles. The van der Waals surface area contributed by atoms with Gasteiger partial charge in [0, 0.05) is 17.8 Å². The highest BCUT2D eigenvalue weighted by molar-refractivity contribution is 8.00. The van der Waals surface area contributed by atoms with E-state index in [-0.39, 0.29) is 0 Å². The second-order valence-electron chi connectivity index (χ2n) is 6.20. The minimum Gasteiger partial charge on any atom is -0.313 e. The molecule has 3 atom stereocenters. The zero-order valence-corrected chi connectivity index (χ0v) is 11.2. The maximum atomic E-state index is 3.81. The summed E-state index contributed by atoms with van der Waals surface area (Å²) in [4.78, 5) is 0. The Morgan fingerprint density at radius 2 is 2.13 bits per heavy atom. The second kappa shape index (κ2) is 4.67. The molecule has 2 rings (SSSR count).